The van der Waals surface area contributed by atoms with Crippen LogP contribution in [-0.4, -0.2) is 18.4 Å². The molecule has 0 fully saturated rings. The smallest absolute Gasteiger partial charge is 0.231 e. The lowest BCUT2D eigenvalue weighted by molar-refractivity contribution is 0.173. The van der Waals surface area contributed by atoms with Crippen LogP contribution in [0.2, 0.25) is 0 Å². The molecule has 3 N–H and O–H groups in total. The first-order chi connectivity index (χ1) is 7.24. The SMILES string of the molecule is NC/C=C/c1c(F)c(O)cc2c1OCO2. The Bertz CT molecular complexity index is 418. The third-order valence-corrected chi connectivity index (χ3v) is 2.04. The van der Waals surface area contributed by atoms with E-state index in [1.165, 1.54) is 12.1 Å². The Morgan fingerprint density at radius 2 is 2.33 bits per heavy atom. The highest BCUT2D eigenvalue weighted by Gasteiger charge is 2.22. The molecule has 5 heteroatoms. The fraction of sp³-hybridized carbons (Fsp3) is 0.200. The first-order valence-electron chi connectivity index (χ1n) is 4.41. The van der Waals surface area contributed by atoms with E-state index in [0.717, 1.165) is 0 Å². The molecule has 0 bridgehead atoms. The summed E-state index contributed by atoms with van der Waals surface area (Å²) in [6.07, 6.45) is 3.03. The summed E-state index contributed by atoms with van der Waals surface area (Å²) in [5, 5.41) is 9.29. The van der Waals surface area contributed by atoms with Gasteiger partial charge in [0.25, 0.3) is 0 Å². The first kappa shape index (κ1) is 9.79. The molecule has 1 aromatic carbocycles. The fourth-order valence-corrected chi connectivity index (χ4v) is 1.37. The second-order valence-corrected chi connectivity index (χ2v) is 3.00. The van der Waals surface area contributed by atoms with Crippen molar-refractivity contribution in [3.8, 4) is 17.2 Å². The van der Waals surface area contributed by atoms with Gasteiger partial charge < -0.3 is 20.3 Å². The highest BCUT2D eigenvalue weighted by atomic mass is 19.1. The van der Waals surface area contributed by atoms with Crippen molar-refractivity contribution < 1.29 is 19.0 Å². The summed E-state index contributed by atoms with van der Waals surface area (Å²) >= 11 is 0. The van der Waals surface area contributed by atoms with Crippen LogP contribution in [0.3, 0.4) is 0 Å². The molecule has 1 aliphatic heterocycles. The molecule has 0 saturated carbocycles. The van der Waals surface area contributed by atoms with E-state index in [9.17, 15) is 9.50 Å². The number of halogens is 1. The van der Waals surface area contributed by atoms with Gasteiger partial charge >= 0.3 is 0 Å². The molecule has 0 unspecified atom stereocenters. The lowest BCUT2D eigenvalue weighted by Gasteiger charge is -2.04. The predicted molar refractivity (Wildman–Crippen MR) is 52.3 cm³/mol. The second kappa shape index (κ2) is 3.78. The predicted octanol–water partition coefficient (Wildman–Crippen LogP) is 1.23. The number of phenolic OH excluding ortho intramolecular Hbond substituents is 1. The number of rotatable bonds is 2. The third-order valence-electron chi connectivity index (χ3n) is 2.04. The zero-order valence-corrected chi connectivity index (χ0v) is 7.87. The number of nitrogens with two attached hydrogens (primary N) is 1. The Morgan fingerprint density at radius 3 is 3.07 bits per heavy atom. The number of phenols is 1. The van der Waals surface area contributed by atoms with Gasteiger partial charge in [-0.15, -0.1) is 0 Å². The molecule has 1 aromatic rings. The zero-order valence-electron chi connectivity index (χ0n) is 7.87. The van der Waals surface area contributed by atoms with Crippen molar-refractivity contribution in [3.63, 3.8) is 0 Å². The topological polar surface area (TPSA) is 64.7 Å². The normalized spacial score (nSPS) is 13.7. The van der Waals surface area contributed by atoms with Crippen molar-refractivity contribution in [1.82, 2.24) is 0 Å². The quantitative estimate of drug-likeness (QED) is 0.772. The molecule has 15 heavy (non-hydrogen) atoms. The van der Waals surface area contributed by atoms with Crippen LogP contribution in [0, 0.1) is 5.82 Å². The average molecular weight is 211 g/mol. The van der Waals surface area contributed by atoms with Gasteiger partial charge in [0.05, 0.1) is 5.56 Å². The highest BCUT2D eigenvalue weighted by Crippen LogP contribution is 2.41. The summed E-state index contributed by atoms with van der Waals surface area (Å²) in [6.45, 7) is 0.312. The summed E-state index contributed by atoms with van der Waals surface area (Å²) < 4.78 is 23.6. The minimum atomic E-state index is -0.732. The number of ether oxygens (including phenoxy) is 2. The maximum atomic E-state index is 13.5. The van der Waals surface area contributed by atoms with Crippen LogP contribution in [0.15, 0.2) is 12.1 Å². The van der Waals surface area contributed by atoms with E-state index >= 15 is 0 Å². The molecular formula is C10H10FNO3. The minimum absolute atomic E-state index is 0.0295. The molecule has 4 nitrogen and oxygen atoms in total. The molecule has 0 radical (unpaired) electrons. The van der Waals surface area contributed by atoms with Gasteiger partial charge in [-0.1, -0.05) is 12.2 Å². The van der Waals surface area contributed by atoms with Gasteiger partial charge in [0, 0.05) is 12.6 Å². The highest BCUT2D eigenvalue weighted by molar-refractivity contribution is 5.66. The van der Waals surface area contributed by atoms with Gasteiger partial charge in [0.1, 0.15) is 0 Å². The van der Waals surface area contributed by atoms with Crippen LogP contribution in [0.25, 0.3) is 6.08 Å². The van der Waals surface area contributed by atoms with Crippen molar-refractivity contribution in [3.05, 3.63) is 23.5 Å². The maximum Gasteiger partial charge on any atom is 0.231 e. The Morgan fingerprint density at radius 1 is 1.53 bits per heavy atom. The molecule has 80 valence electrons. The molecule has 0 aromatic heterocycles. The molecule has 0 saturated heterocycles. The lowest BCUT2D eigenvalue weighted by Crippen LogP contribution is -1.95. The average Bonchev–Trinajstić information content (AvgIpc) is 2.66. The number of hydrogen-bond donors (Lipinski definition) is 2. The summed E-state index contributed by atoms with van der Waals surface area (Å²) in [6, 6.07) is 1.19. The van der Waals surface area contributed by atoms with Crippen molar-refractivity contribution >= 4 is 6.08 Å². The summed E-state index contributed by atoms with van der Waals surface area (Å²) in [5.41, 5.74) is 5.43. The second-order valence-electron chi connectivity index (χ2n) is 3.00. The maximum absolute atomic E-state index is 13.5. The van der Waals surface area contributed by atoms with Crippen molar-refractivity contribution in [2.24, 2.45) is 5.73 Å². The summed E-state index contributed by atoms with van der Waals surface area (Å²) in [5.74, 6) is -0.555. The van der Waals surface area contributed by atoms with Gasteiger partial charge in [-0.05, 0) is 0 Å². The number of aromatic hydroxyl groups is 1. The number of fused-ring (bicyclic) bond motifs is 1. The van der Waals surface area contributed by atoms with Crippen LogP contribution in [0.5, 0.6) is 17.2 Å². The fourth-order valence-electron chi connectivity index (χ4n) is 1.37. The van der Waals surface area contributed by atoms with E-state index in [4.69, 9.17) is 15.2 Å². The molecule has 0 spiro atoms. The number of hydrogen-bond acceptors (Lipinski definition) is 4. The Kier molecular flexibility index (Phi) is 2.47. The van der Waals surface area contributed by atoms with E-state index in [1.807, 2.05) is 0 Å². The molecular weight excluding hydrogens is 201 g/mol. The third kappa shape index (κ3) is 1.61. The molecule has 0 amide bonds. The van der Waals surface area contributed by atoms with Crippen molar-refractivity contribution in [2.75, 3.05) is 13.3 Å². The van der Waals surface area contributed by atoms with Gasteiger partial charge in [-0.2, -0.15) is 0 Å². The van der Waals surface area contributed by atoms with Crippen LogP contribution in [0.4, 0.5) is 4.39 Å². The van der Waals surface area contributed by atoms with Crippen LogP contribution in [-0.2, 0) is 0 Å². The van der Waals surface area contributed by atoms with Gasteiger partial charge in [-0.25, -0.2) is 4.39 Å². The molecule has 1 heterocycles. The standard InChI is InChI=1S/C10H10FNO3/c11-9-6(2-1-3-12)10-8(4-7(9)13)14-5-15-10/h1-2,4,13H,3,5,12H2/b2-1+. The van der Waals surface area contributed by atoms with E-state index in [0.29, 0.717) is 11.5 Å². The van der Waals surface area contributed by atoms with Crippen molar-refractivity contribution in [2.45, 2.75) is 0 Å². The lowest BCUT2D eigenvalue weighted by atomic mass is 10.1. The minimum Gasteiger partial charge on any atom is -0.505 e. The van der Waals surface area contributed by atoms with Crippen LogP contribution < -0.4 is 15.2 Å². The first-order valence-corrected chi connectivity index (χ1v) is 4.41. The summed E-state index contributed by atoms with van der Waals surface area (Å²) in [7, 11) is 0. The number of benzene rings is 1. The largest absolute Gasteiger partial charge is 0.505 e. The van der Waals surface area contributed by atoms with E-state index < -0.39 is 11.6 Å². The van der Waals surface area contributed by atoms with Crippen LogP contribution >= 0.6 is 0 Å². The van der Waals surface area contributed by atoms with E-state index in [-0.39, 0.29) is 18.9 Å². The Labute approximate surface area is 85.7 Å². The molecule has 1 aliphatic rings. The van der Waals surface area contributed by atoms with E-state index in [1.54, 1.807) is 6.08 Å². The zero-order chi connectivity index (χ0) is 10.8. The van der Waals surface area contributed by atoms with Crippen molar-refractivity contribution in [1.29, 1.82) is 0 Å². The van der Waals surface area contributed by atoms with Gasteiger partial charge in [0.15, 0.2) is 23.1 Å². The van der Waals surface area contributed by atoms with Gasteiger partial charge in [0.2, 0.25) is 6.79 Å². The molecule has 0 atom stereocenters. The Balaban J connectivity index is 2.55. The Hall–Kier alpha value is -1.75. The molecule has 0 aliphatic carbocycles. The monoisotopic (exact) mass is 211 g/mol. The van der Waals surface area contributed by atoms with Gasteiger partial charge in [-0.3, -0.25) is 0 Å². The van der Waals surface area contributed by atoms with E-state index in [2.05, 4.69) is 0 Å². The molecule has 2 rings (SSSR count). The summed E-state index contributed by atoms with van der Waals surface area (Å²) in [4.78, 5) is 0. The van der Waals surface area contributed by atoms with Crippen LogP contribution in [0.1, 0.15) is 5.56 Å².